The van der Waals surface area contributed by atoms with Crippen LogP contribution >= 0.6 is 23.4 Å². The highest BCUT2D eigenvalue weighted by Gasteiger charge is 2.30. The van der Waals surface area contributed by atoms with Crippen molar-refractivity contribution in [3.8, 4) is 0 Å². The predicted molar refractivity (Wildman–Crippen MR) is 107 cm³/mol. The first kappa shape index (κ1) is 19.6. The molecule has 0 bridgehead atoms. The topological polar surface area (TPSA) is 67.5 Å². The summed E-state index contributed by atoms with van der Waals surface area (Å²) in [6.45, 7) is 3.42. The van der Waals surface area contributed by atoms with E-state index in [0.717, 1.165) is 12.2 Å². The van der Waals surface area contributed by atoms with Gasteiger partial charge in [0.15, 0.2) is 5.17 Å². The van der Waals surface area contributed by atoms with Crippen LogP contribution < -0.4 is 11.1 Å². The lowest BCUT2D eigenvalue weighted by molar-refractivity contribution is 0.102. The Morgan fingerprint density at radius 3 is 2.78 bits per heavy atom. The Morgan fingerprint density at radius 1 is 1.33 bits per heavy atom. The molecular formula is C19H18ClF2N3OS. The summed E-state index contributed by atoms with van der Waals surface area (Å²) in [5.74, 6) is -1.40. The van der Waals surface area contributed by atoms with Gasteiger partial charge in [0.2, 0.25) is 0 Å². The molecule has 0 saturated carbocycles. The summed E-state index contributed by atoms with van der Waals surface area (Å²) in [5, 5.41) is 2.84. The number of carbonyl (C=O) groups is 1. The fourth-order valence-electron chi connectivity index (χ4n) is 2.90. The molecule has 0 spiro atoms. The largest absolute Gasteiger partial charge is 0.379 e. The van der Waals surface area contributed by atoms with E-state index in [2.05, 4.69) is 10.3 Å². The van der Waals surface area contributed by atoms with Gasteiger partial charge in [-0.3, -0.25) is 9.79 Å². The van der Waals surface area contributed by atoms with Crippen LogP contribution in [0, 0.1) is 18.6 Å². The second kappa shape index (κ2) is 7.48. The summed E-state index contributed by atoms with van der Waals surface area (Å²) in [5.41, 5.74) is 5.81. The van der Waals surface area contributed by atoms with Crippen molar-refractivity contribution in [2.75, 3.05) is 11.1 Å². The number of hydrogen-bond donors (Lipinski definition) is 2. The molecule has 3 N–H and O–H groups in total. The van der Waals surface area contributed by atoms with Crippen LogP contribution in [-0.4, -0.2) is 16.8 Å². The molecule has 0 fully saturated rings. The Kier molecular flexibility index (Phi) is 5.44. The van der Waals surface area contributed by atoms with Crippen molar-refractivity contribution < 1.29 is 13.6 Å². The Morgan fingerprint density at radius 2 is 2.07 bits per heavy atom. The van der Waals surface area contributed by atoms with E-state index in [1.165, 1.54) is 43.0 Å². The summed E-state index contributed by atoms with van der Waals surface area (Å²) in [6, 6.07) is 7.26. The molecule has 8 heteroatoms. The van der Waals surface area contributed by atoms with Gasteiger partial charge in [-0.1, -0.05) is 35.5 Å². The van der Waals surface area contributed by atoms with Gasteiger partial charge in [0.25, 0.3) is 5.91 Å². The summed E-state index contributed by atoms with van der Waals surface area (Å²) >= 11 is 7.43. The van der Waals surface area contributed by atoms with Gasteiger partial charge in [-0.05, 0) is 49.6 Å². The second-order valence-corrected chi connectivity index (χ2v) is 8.05. The van der Waals surface area contributed by atoms with Crippen LogP contribution in [0.2, 0.25) is 5.02 Å². The molecule has 4 nitrogen and oxygen atoms in total. The molecule has 1 heterocycles. The van der Waals surface area contributed by atoms with E-state index in [0.29, 0.717) is 10.7 Å². The molecule has 1 atom stereocenters. The standard InChI is InChI=1S/C19H18ClF2N3OS/c1-10-3-5-12(20)15(16(10)22)17(26)24-14-9-11(4-6-13(14)21)19(2)7-8-27-18(23)25-19/h3-6,9H,7-8H2,1-2H3,(H2,23,25)(H,24,26). The van der Waals surface area contributed by atoms with Crippen LogP contribution in [-0.2, 0) is 5.54 Å². The number of nitrogens with two attached hydrogens (primary N) is 1. The molecule has 0 radical (unpaired) electrons. The van der Waals surface area contributed by atoms with Crippen molar-refractivity contribution in [1.29, 1.82) is 0 Å². The van der Waals surface area contributed by atoms with Crippen molar-refractivity contribution >= 4 is 40.1 Å². The van der Waals surface area contributed by atoms with Crippen molar-refractivity contribution in [2.24, 2.45) is 10.7 Å². The van der Waals surface area contributed by atoms with Crippen LogP contribution in [0.15, 0.2) is 35.3 Å². The number of halogens is 3. The van der Waals surface area contributed by atoms with E-state index in [1.807, 2.05) is 6.92 Å². The normalized spacial score (nSPS) is 19.5. The van der Waals surface area contributed by atoms with Gasteiger partial charge in [0.05, 0.1) is 21.8 Å². The maximum absolute atomic E-state index is 14.3. The van der Waals surface area contributed by atoms with Crippen molar-refractivity contribution in [2.45, 2.75) is 25.8 Å². The summed E-state index contributed by atoms with van der Waals surface area (Å²) in [6.07, 6.45) is 0.718. The van der Waals surface area contributed by atoms with E-state index >= 15 is 0 Å². The highest BCUT2D eigenvalue weighted by Crippen LogP contribution is 2.36. The Hall–Kier alpha value is -2.12. The smallest absolute Gasteiger partial charge is 0.260 e. The predicted octanol–water partition coefficient (Wildman–Crippen LogP) is 4.85. The Balaban J connectivity index is 1.96. The highest BCUT2D eigenvalue weighted by molar-refractivity contribution is 8.13. The molecule has 1 aliphatic heterocycles. The van der Waals surface area contributed by atoms with E-state index < -0.39 is 23.1 Å². The van der Waals surface area contributed by atoms with Crippen LogP contribution in [0.25, 0.3) is 0 Å². The third-order valence-corrected chi connectivity index (χ3v) is 5.65. The lowest BCUT2D eigenvalue weighted by Crippen LogP contribution is -2.29. The van der Waals surface area contributed by atoms with Gasteiger partial charge < -0.3 is 11.1 Å². The van der Waals surface area contributed by atoms with Gasteiger partial charge in [-0.2, -0.15) is 0 Å². The van der Waals surface area contributed by atoms with E-state index in [-0.39, 0.29) is 21.8 Å². The number of aliphatic imine (C=N–C) groups is 1. The Bertz CT molecular complexity index is 951. The van der Waals surface area contributed by atoms with Gasteiger partial charge in [-0.15, -0.1) is 0 Å². The Labute approximate surface area is 165 Å². The molecule has 1 unspecified atom stereocenters. The highest BCUT2D eigenvalue weighted by atomic mass is 35.5. The zero-order valence-electron chi connectivity index (χ0n) is 14.8. The number of carbonyl (C=O) groups excluding carboxylic acids is 1. The number of amidine groups is 1. The third kappa shape index (κ3) is 3.94. The van der Waals surface area contributed by atoms with E-state index in [9.17, 15) is 13.6 Å². The van der Waals surface area contributed by atoms with Crippen LogP contribution in [0.3, 0.4) is 0 Å². The average Bonchev–Trinajstić information content (AvgIpc) is 2.60. The number of benzene rings is 2. The zero-order valence-corrected chi connectivity index (χ0v) is 16.3. The number of anilines is 1. The maximum atomic E-state index is 14.3. The SMILES string of the molecule is Cc1ccc(Cl)c(C(=O)Nc2cc(C3(C)CCSC(N)=N3)ccc2F)c1F. The van der Waals surface area contributed by atoms with Crippen LogP contribution in [0.5, 0.6) is 0 Å². The molecule has 27 heavy (non-hydrogen) atoms. The fourth-order valence-corrected chi connectivity index (χ4v) is 4.11. The minimum absolute atomic E-state index is 0.0409. The molecule has 0 aromatic heterocycles. The molecular weight excluding hydrogens is 392 g/mol. The van der Waals surface area contributed by atoms with Crippen molar-refractivity contribution in [3.63, 3.8) is 0 Å². The van der Waals surface area contributed by atoms with Crippen molar-refractivity contribution in [1.82, 2.24) is 0 Å². The number of thioether (sulfide) groups is 1. The molecule has 0 saturated heterocycles. The van der Waals surface area contributed by atoms with E-state index in [1.54, 1.807) is 6.07 Å². The monoisotopic (exact) mass is 409 g/mol. The van der Waals surface area contributed by atoms with Gasteiger partial charge >= 0.3 is 0 Å². The molecule has 2 aromatic rings. The number of amides is 1. The molecule has 3 rings (SSSR count). The van der Waals surface area contributed by atoms with Gasteiger partial charge in [0.1, 0.15) is 11.6 Å². The summed E-state index contributed by atoms with van der Waals surface area (Å²) in [7, 11) is 0. The first-order valence-electron chi connectivity index (χ1n) is 8.25. The number of rotatable bonds is 3. The lowest BCUT2D eigenvalue weighted by atomic mass is 9.89. The third-order valence-electron chi connectivity index (χ3n) is 4.54. The first-order valence-corrected chi connectivity index (χ1v) is 9.62. The summed E-state index contributed by atoms with van der Waals surface area (Å²) in [4.78, 5) is 17.0. The van der Waals surface area contributed by atoms with Gasteiger partial charge in [-0.25, -0.2) is 8.78 Å². The molecule has 1 aliphatic rings. The van der Waals surface area contributed by atoms with Gasteiger partial charge in [0, 0.05) is 5.75 Å². The molecule has 142 valence electrons. The molecule has 1 amide bonds. The number of nitrogens with zero attached hydrogens (tertiary/aromatic N) is 1. The minimum Gasteiger partial charge on any atom is -0.379 e. The quantitative estimate of drug-likeness (QED) is 0.761. The maximum Gasteiger partial charge on any atom is 0.260 e. The zero-order chi connectivity index (χ0) is 19.8. The fraction of sp³-hybridized carbons (Fsp3) is 0.263. The van der Waals surface area contributed by atoms with Crippen LogP contribution in [0.1, 0.15) is 34.8 Å². The van der Waals surface area contributed by atoms with Crippen molar-refractivity contribution in [3.05, 3.63) is 63.7 Å². The van der Waals surface area contributed by atoms with E-state index in [4.69, 9.17) is 17.3 Å². The van der Waals surface area contributed by atoms with Crippen LogP contribution in [0.4, 0.5) is 14.5 Å². The average molecular weight is 410 g/mol. The lowest BCUT2D eigenvalue weighted by Gasteiger charge is -2.30. The molecule has 2 aromatic carbocycles. The first-order chi connectivity index (χ1) is 12.7. The minimum atomic E-state index is -0.815. The summed E-state index contributed by atoms with van der Waals surface area (Å²) < 4.78 is 28.6. The number of nitrogens with one attached hydrogen (secondary N) is 1. The number of hydrogen-bond acceptors (Lipinski definition) is 4. The molecule has 0 aliphatic carbocycles. The number of aryl methyl sites for hydroxylation is 1. The second-order valence-electron chi connectivity index (χ2n) is 6.52.